The molecule has 1 aromatic carbocycles. The number of nitrogens with one attached hydrogen (secondary N) is 1. The van der Waals surface area contributed by atoms with E-state index in [0.29, 0.717) is 18.7 Å². The van der Waals surface area contributed by atoms with Crippen LogP contribution in [0.25, 0.3) is 0 Å². The van der Waals surface area contributed by atoms with Crippen molar-refractivity contribution >= 4 is 21.8 Å². The van der Waals surface area contributed by atoms with E-state index < -0.39 is 6.10 Å². The van der Waals surface area contributed by atoms with E-state index in [1.54, 1.807) is 6.92 Å². The zero-order valence-corrected chi connectivity index (χ0v) is 13.2. The highest BCUT2D eigenvalue weighted by Gasteiger charge is 2.18. The maximum Gasteiger partial charge on any atom is 0.260 e. The van der Waals surface area contributed by atoms with Crippen LogP contribution in [0.4, 0.5) is 0 Å². The third-order valence-electron chi connectivity index (χ3n) is 2.56. The van der Waals surface area contributed by atoms with Crippen LogP contribution in [0, 0.1) is 0 Å². The Bertz CT molecular complexity index is 435. The summed E-state index contributed by atoms with van der Waals surface area (Å²) in [6.45, 7) is 6.12. The van der Waals surface area contributed by atoms with Gasteiger partial charge in [-0.15, -0.1) is 0 Å². The molecule has 0 heterocycles. The molecule has 5 heteroatoms. The summed E-state index contributed by atoms with van der Waals surface area (Å²) in [6, 6.07) is 5.88. The molecule has 0 fully saturated rings. The van der Waals surface area contributed by atoms with Gasteiger partial charge in [0.05, 0.1) is 4.47 Å². The Balaban J connectivity index is 2.83. The summed E-state index contributed by atoms with van der Waals surface area (Å²) in [4.78, 5) is 11.9. The van der Waals surface area contributed by atoms with E-state index in [1.165, 1.54) is 0 Å². The van der Waals surface area contributed by atoms with Gasteiger partial charge in [-0.1, -0.05) is 12.1 Å². The number of hydrogen-bond acceptors (Lipinski definition) is 3. The molecule has 0 saturated carbocycles. The summed E-state index contributed by atoms with van der Waals surface area (Å²) < 4.78 is 6.61. The van der Waals surface area contributed by atoms with Gasteiger partial charge in [0.2, 0.25) is 0 Å². The van der Waals surface area contributed by atoms with E-state index in [2.05, 4.69) is 21.2 Å². The summed E-state index contributed by atoms with van der Waals surface area (Å²) in [5.41, 5.74) is 6.59. The zero-order chi connectivity index (χ0) is 14.4. The molecule has 0 spiro atoms. The summed E-state index contributed by atoms with van der Waals surface area (Å²) in [6.07, 6.45) is 0.172. The molecule has 19 heavy (non-hydrogen) atoms. The Morgan fingerprint density at radius 1 is 1.42 bits per heavy atom. The molecular weight excluding hydrogens is 308 g/mol. The van der Waals surface area contributed by atoms with Gasteiger partial charge in [0.25, 0.3) is 5.91 Å². The van der Waals surface area contributed by atoms with E-state index in [4.69, 9.17) is 10.5 Å². The molecule has 0 aliphatic heterocycles. The highest BCUT2D eigenvalue weighted by Crippen LogP contribution is 2.30. The van der Waals surface area contributed by atoms with Crippen LogP contribution in [-0.2, 0) is 11.2 Å². The van der Waals surface area contributed by atoms with Crippen molar-refractivity contribution in [2.75, 3.05) is 6.54 Å². The fourth-order valence-corrected chi connectivity index (χ4v) is 2.17. The van der Waals surface area contributed by atoms with E-state index in [1.807, 2.05) is 32.0 Å². The second-order valence-corrected chi connectivity index (χ2v) is 5.54. The van der Waals surface area contributed by atoms with Crippen LogP contribution in [0.3, 0.4) is 0 Å². The molecule has 0 bridgehead atoms. The van der Waals surface area contributed by atoms with Gasteiger partial charge in [-0.05, 0) is 61.3 Å². The van der Waals surface area contributed by atoms with E-state index in [0.717, 1.165) is 10.0 Å². The fourth-order valence-electron chi connectivity index (χ4n) is 1.67. The number of carbonyl (C=O) groups is 1. The predicted molar refractivity (Wildman–Crippen MR) is 80.3 cm³/mol. The van der Waals surface area contributed by atoms with Gasteiger partial charge >= 0.3 is 0 Å². The smallest absolute Gasteiger partial charge is 0.260 e. The number of benzene rings is 1. The number of ether oxygens (including phenoxy) is 1. The fraction of sp³-hybridized carbons (Fsp3) is 0.500. The SMILES string of the molecule is CC(C)NC(=O)C(C)Oc1c(Br)cccc1CCN. The Labute approximate surface area is 122 Å². The summed E-state index contributed by atoms with van der Waals surface area (Å²) >= 11 is 3.45. The largest absolute Gasteiger partial charge is 0.479 e. The highest BCUT2D eigenvalue weighted by atomic mass is 79.9. The summed E-state index contributed by atoms with van der Waals surface area (Å²) in [7, 11) is 0. The Kier molecular flexibility index (Phi) is 6.31. The van der Waals surface area contributed by atoms with Gasteiger partial charge < -0.3 is 15.8 Å². The molecule has 3 N–H and O–H groups in total. The molecule has 4 nitrogen and oxygen atoms in total. The first-order valence-corrected chi connectivity index (χ1v) is 7.19. The molecule has 1 rings (SSSR count). The van der Waals surface area contributed by atoms with Crippen LogP contribution >= 0.6 is 15.9 Å². The number of hydrogen-bond donors (Lipinski definition) is 2. The molecule has 0 aliphatic carbocycles. The number of amides is 1. The molecule has 1 atom stereocenters. The van der Waals surface area contributed by atoms with Gasteiger partial charge in [-0.25, -0.2) is 0 Å². The van der Waals surface area contributed by atoms with Crippen LogP contribution in [0.1, 0.15) is 26.3 Å². The van der Waals surface area contributed by atoms with Gasteiger partial charge in [-0.2, -0.15) is 0 Å². The average molecular weight is 329 g/mol. The molecule has 0 saturated heterocycles. The topological polar surface area (TPSA) is 64.3 Å². The van der Waals surface area contributed by atoms with Crippen molar-refractivity contribution < 1.29 is 9.53 Å². The van der Waals surface area contributed by atoms with Crippen molar-refractivity contribution in [3.8, 4) is 5.75 Å². The second kappa shape index (κ2) is 7.50. The van der Waals surface area contributed by atoms with Crippen molar-refractivity contribution in [3.63, 3.8) is 0 Å². The third-order valence-corrected chi connectivity index (χ3v) is 3.18. The Morgan fingerprint density at radius 3 is 2.68 bits per heavy atom. The lowest BCUT2D eigenvalue weighted by Crippen LogP contribution is -2.40. The number of halogens is 1. The minimum atomic E-state index is -0.544. The van der Waals surface area contributed by atoms with Crippen LogP contribution in [0.5, 0.6) is 5.75 Å². The summed E-state index contributed by atoms with van der Waals surface area (Å²) in [5.74, 6) is 0.573. The number of carbonyl (C=O) groups excluding carboxylic acids is 1. The molecule has 1 aromatic rings. The molecule has 0 radical (unpaired) electrons. The lowest BCUT2D eigenvalue weighted by molar-refractivity contribution is -0.127. The maximum absolute atomic E-state index is 11.9. The van der Waals surface area contributed by atoms with Gasteiger partial charge in [0, 0.05) is 6.04 Å². The van der Waals surface area contributed by atoms with Crippen molar-refractivity contribution in [2.24, 2.45) is 5.73 Å². The van der Waals surface area contributed by atoms with Crippen molar-refractivity contribution in [1.29, 1.82) is 0 Å². The van der Waals surface area contributed by atoms with E-state index >= 15 is 0 Å². The number of para-hydroxylation sites is 1. The first kappa shape index (κ1) is 16.0. The number of rotatable bonds is 6. The normalized spacial score (nSPS) is 12.3. The van der Waals surface area contributed by atoms with Crippen LogP contribution in [0.15, 0.2) is 22.7 Å². The lowest BCUT2D eigenvalue weighted by atomic mass is 10.1. The molecular formula is C14H21BrN2O2. The van der Waals surface area contributed by atoms with Crippen LogP contribution < -0.4 is 15.8 Å². The van der Waals surface area contributed by atoms with Crippen molar-refractivity contribution in [2.45, 2.75) is 39.3 Å². The van der Waals surface area contributed by atoms with E-state index in [-0.39, 0.29) is 11.9 Å². The monoisotopic (exact) mass is 328 g/mol. The van der Waals surface area contributed by atoms with E-state index in [9.17, 15) is 4.79 Å². The van der Waals surface area contributed by atoms with Crippen LogP contribution in [0.2, 0.25) is 0 Å². The first-order valence-electron chi connectivity index (χ1n) is 6.40. The molecule has 0 aromatic heterocycles. The first-order chi connectivity index (χ1) is 8.95. The third kappa shape index (κ3) is 4.84. The molecule has 1 amide bonds. The summed E-state index contributed by atoms with van der Waals surface area (Å²) in [5, 5.41) is 2.83. The molecule has 106 valence electrons. The number of nitrogens with two attached hydrogens (primary N) is 1. The minimum Gasteiger partial charge on any atom is -0.479 e. The minimum absolute atomic E-state index is 0.0984. The average Bonchev–Trinajstić information content (AvgIpc) is 2.32. The van der Waals surface area contributed by atoms with Gasteiger partial charge in [-0.3, -0.25) is 4.79 Å². The van der Waals surface area contributed by atoms with Gasteiger partial charge in [0.15, 0.2) is 6.10 Å². The lowest BCUT2D eigenvalue weighted by Gasteiger charge is -2.19. The van der Waals surface area contributed by atoms with Crippen molar-refractivity contribution in [3.05, 3.63) is 28.2 Å². The molecule has 0 aliphatic rings. The Morgan fingerprint density at radius 2 is 2.11 bits per heavy atom. The Hall–Kier alpha value is -1.07. The quantitative estimate of drug-likeness (QED) is 0.841. The zero-order valence-electron chi connectivity index (χ0n) is 11.6. The highest BCUT2D eigenvalue weighted by molar-refractivity contribution is 9.10. The predicted octanol–water partition coefficient (Wildman–Crippen LogP) is 2.24. The standard InChI is InChI=1S/C14H21BrN2O2/c1-9(2)17-14(18)10(3)19-13-11(7-8-16)5-4-6-12(13)15/h4-6,9-10H,7-8,16H2,1-3H3,(H,17,18). The molecule has 1 unspecified atom stereocenters. The second-order valence-electron chi connectivity index (χ2n) is 4.69. The van der Waals surface area contributed by atoms with Crippen molar-refractivity contribution in [1.82, 2.24) is 5.32 Å². The van der Waals surface area contributed by atoms with Gasteiger partial charge in [0.1, 0.15) is 5.75 Å². The van der Waals surface area contributed by atoms with Crippen LogP contribution in [-0.4, -0.2) is 24.6 Å². The maximum atomic E-state index is 11.9.